The summed E-state index contributed by atoms with van der Waals surface area (Å²) in [6, 6.07) is 10.5. The Bertz CT molecular complexity index is 512. The summed E-state index contributed by atoms with van der Waals surface area (Å²) in [6.45, 7) is 4.08. The molecule has 0 saturated heterocycles. The van der Waals surface area contributed by atoms with Gasteiger partial charge in [-0.1, -0.05) is 30.3 Å². The SMILES string of the molecule is NCCCN(Cc1ccccc1)Cc1cnn(CCO)c1. The van der Waals surface area contributed by atoms with Crippen LogP contribution >= 0.6 is 0 Å². The van der Waals surface area contributed by atoms with Crippen molar-refractivity contribution < 1.29 is 5.11 Å². The largest absolute Gasteiger partial charge is 0.394 e. The molecule has 2 aromatic rings. The van der Waals surface area contributed by atoms with E-state index in [1.54, 1.807) is 4.68 Å². The molecular weight excluding hydrogens is 264 g/mol. The van der Waals surface area contributed by atoms with E-state index in [-0.39, 0.29) is 6.61 Å². The summed E-state index contributed by atoms with van der Waals surface area (Å²) in [6.07, 6.45) is 4.85. The normalized spacial score (nSPS) is 11.2. The van der Waals surface area contributed by atoms with Crippen LogP contribution in [0.5, 0.6) is 0 Å². The highest BCUT2D eigenvalue weighted by atomic mass is 16.3. The summed E-state index contributed by atoms with van der Waals surface area (Å²) in [5.41, 5.74) is 8.10. The van der Waals surface area contributed by atoms with Crippen LogP contribution in [0.3, 0.4) is 0 Å². The molecule has 0 aliphatic heterocycles. The molecule has 5 heteroatoms. The van der Waals surface area contributed by atoms with Crippen molar-refractivity contribution in [1.82, 2.24) is 14.7 Å². The van der Waals surface area contributed by atoms with Gasteiger partial charge in [-0.05, 0) is 18.5 Å². The fourth-order valence-corrected chi connectivity index (χ4v) is 2.34. The Morgan fingerprint density at radius 3 is 2.62 bits per heavy atom. The number of hydrogen-bond donors (Lipinski definition) is 2. The third-order valence-corrected chi connectivity index (χ3v) is 3.35. The maximum atomic E-state index is 8.94. The minimum atomic E-state index is 0.113. The summed E-state index contributed by atoms with van der Waals surface area (Å²) in [7, 11) is 0. The number of nitrogens with zero attached hydrogens (tertiary/aromatic N) is 3. The predicted molar refractivity (Wildman–Crippen MR) is 83.5 cm³/mol. The van der Waals surface area contributed by atoms with Crippen molar-refractivity contribution in [2.75, 3.05) is 19.7 Å². The number of nitrogens with two attached hydrogens (primary N) is 1. The van der Waals surface area contributed by atoms with Crippen molar-refractivity contribution in [3.63, 3.8) is 0 Å². The first-order valence-electron chi connectivity index (χ1n) is 7.40. The van der Waals surface area contributed by atoms with Crippen LogP contribution in [0, 0.1) is 0 Å². The first kappa shape index (κ1) is 15.7. The molecule has 1 heterocycles. The lowest BCUT2D eigenvalue weighted by Gasteiger charge is -2.21. The average Bonchev–Trinajstić information content (AvgIpc) is 2.93. The van der Waals surface area contributed by atoms with Crippen LogP contribution < -0.4 is 5.73 Å². The Balaban J connectivity index is 1.97. The molecule has 0 radical (unpaired) electrons. The van der Waals surface area contributed by atoms with Gasteiger partial charge in [0.05, 0.1) is 19.3 Å². The van der Waals surface area contributed by atoms with Gasteiger partial charge in [0.1, 0.15) is 0 Å². The van der Waals surface area contributed by atoms with Gasteiger partial charge in [-0.25, -0.2) is 0 Å². The van der Waals surface area contributed by atoms with Crippen LogP contribution in [0.2, 0.25) is 0 Å². The Hall–Kier alpha value is -1.69. The summed E-state index contributed by atoms with van der Waals surface area (Å²) in [5, 5.41) is 13.2. The zero-order valence-corrected chi connectivity index (χ0v) is 12.4. The highest BCUT2D eigenvalue weighted by Crippen LogP contribution is 2.10. The number of aromatic nitrogens is 2. The van der Waals surface area contributed by atoms with Crippen LogP contribution in [-0.4, -0.2) is 39.5 Å². The summed E-state index contributed by atoms with van der Waals surface area (Å²) in [5.74, 6) is 0. The van der Waals surface area contributed by atoms with E-state index in [1.165, 1.54) is 5.56 Å². The van der Waals surface area contributed by atoms with Crippen molar-refractivity contribution in [2.45, 2.75) is 26.1 Å². The molecule has 1 aromatic carbocycles. The van der Waals surface area contributed by atoms with Gasteiger partial charge in [-0.15, -0.1) is 0 Å². The Morgan fingerprint density at radius 2 is 1.90 bits per heavy atom. The fourth-order valence-electron chi connectivity index (χ4n) is 2.34. The van der Waals surface area contributed by atoms with Gasteiger partial charge in [0.15, 0.2) is 0 Å². The van der Waals surface area contributed by atoms with E-state index >= 15 is 0 Å². The molecule has 21 heavy (non-hydrogen) atoms. The van der Waals surface area contributed by atoms with Crippen molar-refractivity contribution in [3.8, 4) is 0 Å². The van der Waals surface area contributed by atoms with Crippen molar-refractivity contribution in [3.05, 3.63) is 53.9 Å². The second-order valence-electron chi connectivity index (χ2n) is 5.17. The van der Waals surface area contributed by atoms with E-state index in [4.69, 9.17) is 10.8 Å². The zero-order chi connectivity index (χ0) is 14.9. The molecule has 0 amide bonds. The Labute approximate surface area is 126 Å². The molecule has 0 aliphatic rings. The predicted octanol–water partition coefficient (Wildman–Crippen LogP) is 1.23. The van der Waals surface area contributed by atoms with Crippen molar-refractivity contribution >= 4 is 0 Å². The zero-order valence-electron chi connectivity index (χ0n) is 12.4. The van der Waals surface area contributed by atoms with Crippen LogP contribution in [-0.2, 0) is 19.6 Å². The molecule has 0 unspecified atom stereocenters. The summed E-state index contributed by atoms with van der Waals surface area (Å²) in [4.78, 5) is 2.38. The van der Waals surface area contributed by atoms with Gasteiger partial charge in [-0.2, -0.15) is 5.10 Å². The van der Waals surface area contributed by atoms with E-state index < -0.39 is 0 Å². The monoisotopic (exact) mass is 288 g/mol. The smallest absolute Gasteiger partial charge is 0.0640 e. The molecule has 0 fully saturated rings. The number of aliphatic hydroxyl groups excluding tert-OH is 1. The number of benzene rings is 1. The van der Waals surface area contributed by atoms with Gasteiger partial charge in [0, 0.05) is 31.4 Å². The summed E-state index contributed by atoms with van der Waals surface area (Å²) < 4.78 is 1.78. The minimum absolute atomic E-state index is 0.113. The maximum Gasteiger partial charge on any atom is 0.0640 e. The molecule has 0 saturated carbocycles. The topological polar surface area (TPSA) is 67.3 Å². The second-order valence-corrected chi connectivity index (χ2v) is 5.17. The first-order chi connectivity index (χ1) is 10.3. The number of rotatable bonds is 9. The molecule has 1 aromatic heterocycles. The molecule has 0 atom stereocenters. The van der Waals surface area contributed by atoms with E-state index in [1.807, 2.05) is 18.5 Å². The Kier molecular flexibility index (Phi) is 6.40. The Morgan fingerprint density at radius 1 is 1.14 bits per heavy atom. The van der Waals surface area contributed by atoms with E-state index in [0.29, 0.717) is 13.1 Å². The van der Waals surface area contributed by atoms with Gasteiger partial charge in [0.25, 0.3) is 0 Å². The molecular formula is C16H24N4O. The van der Waals surface area contributed by atoms with Gasteiger partial charge >= 0.3 is 0 Å². The lowest BCUT2D eigenvalue weighted by Crippen LogP contribution is -2.25. The lowest BCUT2D eigenvalue weighted by molar-refractivity contribution is 0.254. The third kappa shape index (κ3) is 5.30. The minimum Gasteiger partial charge on any atom is -0.394 e. The van der Waals surface area contributed by atoms with Crippen molar-refractivity contribution in [2.24, 2.45) is 5.73 Å². The lowest BCUT2D eigenvalue weighted by atomic mass is 10.2. The molecule has 114 valence electrons. The van der Waals surface area contributed by atoms with E-state index in [9.17, 15) is 0 Å². The standard InChI is InChI=1S/C16H24N4O/c17-7-4-8-19(12-15-5-2-1-3-6-15)13-16-11-18-20(14-16)9-10-21/h1-3,5-6,11,14,21H,4,7-10,12-13,17H2. The van der Waals surface area contributed by atoms with Gasteiger partial charge in [-0.3, -0.25) is 9.58 Å². The van der Waals surface area contributed by atoms with E-state index in [2.05, 4.69) is 34.3 Å². The quantitative estimate of drug-likeness (QED) is 0.728. The van der Waals surface area contributed by atoms with Crippen LogP contribution in [0.25, 0.3) is 0 Å². The second kappa shape index (κ2) is 8.56. The summed E-state index contributed by atoms with van der Waals surface area (Å²) >= 11 is 0. The van der Waals surface area contributed by atoms with Gasteiger partial charge in [0.2, 0.25) is 0 Å². The molecule has 3 N–H and O–H groups in total. The van der Waals surface area contributed by atoms with Crippen LogP contribution in [0.15, 0.2) is 42.7 Å². The van der Waals surface area contributed by atoms with Gasteiger partial charge < -0.3 is 10.8 Å². The molecule has 5 nitrogen and oxygen atoms in total. The average molecular weight is 288 g/mol. The highest BCUT2D eigenvalue weighted by Gasteiger charge is 2.08. The van der Waals surface area contributed by atoms with Crippen LogP contribution in [0.4, 0.5) is 0 Å². The third-order valence-electron chi connectivity index (χ3n) is 3.35. The highest BCUT2D eigenvalue weighted by molar-refractivity contribution is 5.15. The van der Waals surface area contributed by atoms with Crippen LogP contribution in [0.1, 0.15) is 17.5 Å². The van der Waals surface area contributed by atoms with Crippen molar-refractivity contribution in [1.29, 1.82) is 0 Å². The molecule has 0 aliphatic carbocycles. The molecule has 0 bridgehead atoms. The fraction of sp³-hybridized carbons (Fsp3) is 0.438. The number of hydrogen-bond acceptors (Lipinski definition) is 4. The number of aliphatic hydroxyl groups is 1. The van der Waals surface area contributed by atoms with E-state index in [0.717, 1.165) is 31.6 Å². The molecule has 0 spiro atoms. The first-order valence-corrected chi connectivity index (χ1v) is 7.40. The molecule has 2 rings (SSSR count). The maximum absolute atomic E-state index is 8.94.